The molecule has 0 unspecified atom stereocenters. The standard InChI is InChI=1S/C16H16F3NO5S2/c1-9-4-6-12(7-5-9)26(22,23)15-11(3)14(21)10(2)8-13(15)20-27(24,25)16(17,18)19/h4-8,20-21H,1-3H3. The first kappa shape index (κ1) is 21.0. The Kier molecular flexibility index (Phi) is 5.23. The number of aryl methyl sites for hydroxylation is 2. The largest absolute Gasteiger partial charge is 0.516 e. The van der Waals surface area contributed by atoms with Crippen molar-refractivity contribution < 1.29 is 35.1 Å². The van der Waals surface area contributed by atoms with Gasteiger partial charge in [0.1, 0.15) is 10.6 Å². The van der Waals surface area contributed by atoms with Crippen molar-refractivity contribution in [2.24, 2.45) is 0 Å². The van der Waals surface area contributed by atoms with Crippen molar-refractivity contribution in [1.82, 2.24) is 0 Å². The Morgan fingerprint density at radius 2 is 1.48 bits per heavy atom. The van der Waals surface area contributed by atoms with Crippen molar-refractivity contribution in [3.8, 4) is 5.75 Å². The molecule has 0 spiro atoms. The summed E-state index contributed by atoms with van der Waals surface area (Å²) in [6, 6.07) is 6.28. The highest BCUT2D eigenvalue weighted by molar-refractivity contribution is 7.94. The van der Waals surface area contributed by atoms with E-state index in [1.165, 1.54) is 42.8 Å². The van der Waals surface area contributed by atoms with Gasteiger partial charge in [-0.15, -0.1) is 0 Å². The van der Waals surface area contributed by atoms with Crippen molar-refractivity contribution in [2.45, 2.75) is 36.1 Å². The minimum absolute atomic E-state index is 0.00947. The lowest BCUT2D eigenvalue weighted by molar-refractivity contribution is -0.0429. The first-order valence-electron chi connectivity index (χ1n) is 7.42. The zero-order chi connectivity index (χ0) is 20.8. The molecule has 0 saturated heterocycles. The normalized spacial score (nSPS) is 12.8. The first-order chi connectivity index (χ1) is 12.2. The third-order valence-electron chi connectivity index (χ3n) is 3.82. The zero-order valence-corrected chi connectivity index (χ0v) is 16.1. The quantitative estimate of drug-likeness (QED) is 0.734. The molecule has 11 heteroatoms. The van der Waals surface area contributed by atoms with Crippen LogP contribution in [0.1, 0.15) is 16.7 Å². The fraction of sp³-hybridized carbons (Fsp3) is 0.250. The number of hydrogen-bond acceptors (Lipinski definition) is 5. The number of phenolic OH excluding ortho intramolecular Hbond substituents is 1. The number of sulfonamides is 1. The molecule has 0 radical (unpaired) electrons. The number of alkyl halides is 3. The molecular weight excluding hydrogens is 407 g/mol. The molecule has 0 aliphatic rings. The molecule has 0 aromatic heterocycles. The molecule has 0 bridgehead atoms. The molecule has 0 heterocycles. The molecule has 6 nitrogen and oxygen atoms in total. The van der Waals surface area contributed by atoms with Gasteiger partial charge in [-0.2, -0.15) is 21.6 Å². The van der Waals surface area contributed by atoms with Crippen LogP contribution in [-0.2, 0) is 19.9 Å². The fourth-order valence-electron chi connectivity index (χ4n) is 2.42. The number of halogens is 3. The Bertz CT molecular complexity index is 1090. The van der Waals surface area contributed by atoms with Gasteiger partial charge in [0, 0.05) is 5.56 Å². The molecule has 0 aliphatic heterocycles. The van der Waals surface area contributed by atoms with Gasteiger partial charge in [-0.3, -0.25) is 4.72 Å². The molecule has 2 aromatic rings. The molecular formula is C16H16F3NO5S2. The maximum Gasteiger partial charge on any atom is 0.516 e. The fourth-order valence-corrected chi connectivity index (χ4v) is 4.68. The Morgan fingerprint density at radius 1 is 0.963 bits per heavy atom. The third-order valence-corrected chi connectivity index (χ3v) is 6.88. The van der Waals surface area contributed by atoms with Crippen LogP contribution in [0.4, 0.5) is 18.9 Å². The van der Waals surface area contributed by atoms with E-state index in [1.807, 2.05) is 0 Å². The second-order valence-corrected chi connectivity index (χ2v) is 9.47. The Hall–Kier alpha value is -2.27. The first-order valence-corrected chi connectivity index (χ1v) is 10.4. The summed E-state index contributed by atoms with van der Waals surface area (Å²) in [4.78, 5) is -1.01. The summed E-state index contributed by atoms with van der Waals surface area (Å²) in [5.41, 5.74) is -5.95. The zero-order valence-electron chi connectivity index (χ0n) is 14.4. The van der Waals surface area contributed by atoms with Gasteiger partial charge in [0.25, 0.3) is 0 Å². The van der Waals surface area contributed by atoms with E-state index in [1.54, 1.807) is 6.92 Å². The number of sulfone groups is 1. The van der Waals surface area contributed by atoms with Gasteiger partial charge in [0.15, 0.2) is 0 Å². The molecule has 148 valence electrons. The molecule has 0 atom stereocenters. The van der Waals surface area contributed by atoms with Crippen LogP contribution >= 0.6 is 0 Å². The van der Waals surface area contributed by atoms with Gasteiger partial charge in [-0.25, -0.2) is 8.42 Å². The van der Waals surface area contributed by atoms with E-state index >= 15 is 0 Å². The van der Waals surface area contributed by atoms with E-state index in [0.717, 1.165) is 11.6 Å². The summed E-state index contributed by atoms with van der Waals surface area (Å²) in [7, 11) is -10.3. The summed E-state index contributed by atoms with van der Waals surface area (Å²) in [6.07, 6.45) is 0. The van der Waals surface area contributed by atoms with Crippen LogP contribution in [0.3, 0.4) is 0 Å². The van der Waals surface area contributed by atoms with Crippen molar-refractivity contribution >= 4 is 25.5 Å². The monoisotopic (exact) mass is 423 g/mol. The minimum Gasteiger partial charge on any atom is -0.507 e. The van der Waals surface area contributed by atoms with E-state index in [9.17, 15) is 35.1 Å². The number of aromatic hydroxyl groups is 1. The lowest BCUT2D eigenvalue weighted by Gasteiger charge is -2.18. The molecule has 27 heavy (non-hydrogen) atoms. The molecule has 0 aliphatic carbocycles. The van der Waals surface area contributed by atoms with Gasteiger partial charge < -0.3 is 5.11 Å². The summed E-state index contributed by atoms with van der Waals surface area (Å²) in [5.74, 6) is -0.462. The predicted molar refractivity (Wildman–Crippen MR) is 92.8 cm³/mol. The molecule has 0 fully saturated rings. The average Bonchev–Trinajstić information content (AvgIpc) is 2.51. The van der Waals surface area contributed by atoms with Crippen LogP contribution in [0.5, 0.6) is 5.75 Å². The van der Waals surface area contributed by atoms with Crippen molar-refractivity contribution in [3.05, 3.63) is 47.0 Å². The third kappa shape index (κ3) is 3.88. The van der Waals surface area contributed by atoms with Crippen molar-refractivity contribution in [3.63, 3.8) is 0 Å². The Balaban J connectivity index is 2.79. The van der Waals surface area contributed by atoms with E-state index in [-0.39, 0.29) is 16.0 Å². The average molecular weight is 423 g/mol. The van der Waals surface area contributed by atoms with Crippen LogP contribution in [0.15, 0.2) is 40.1 Å². The highest BCUT2D eigenvalue weighted by Crippen LogP contribution is 2.39. The van der Waals surface area contributed by atoms with E-state index in [4.69, 9.17) is 0 Å². The number of hydrogen-bond donors (Lipinski definition) is 2. The second kappa shape index (κ2) is 6.71. The Labute approximate surface area is 154 Å². The van der Waals surface area contributed by atoms with Gasteiger partial charge in [-0.1, -0.05) is 17.7 Å². The SMILES string of the molecule is Cc1ccc(S(=O)(=O)c2c(NS(=O)(=O)C(F)(F)F)cc(C)c(O)c2C)cc1. The smallest absolute Gasteiger partial charge is 0.507 e. The van der Waals surface area contributed by atoms with Crippen LogP contribution in [0, 0.1) is 20.8 Å². The summed E-state index contributed by atoms with van der Waals surface area (Å²) >= 11 is 0. The number of nitrogens with one attached hydrogen (secondary N) is 1. The molecule has 0 saturated carbocycles. The summed E-state index contributed by atoms with van der Waals surface area (Å²) < 4.78 is 88.4. The molecule has 0 amide bonds. The van der Waals surface area contributed by atoms with Crippen molar-refractivity contribution in [1.29, 1.82) is 0 Å². The van der Waals surface area contributed by atoms with E-state index in [2.05, 4.69) is 0 Å². The van der Waals surface area contributed by atoms with Crippen LogP contribution in [-0.4, -0.2) is 27.5 Å². The number of rotatable bonds is 4. The second-order valence-electron chi connectivity index (χ2n) is 5.91. The van der Waals surface area contributed by atoms with Gasteiger partial charge in [-0.05, 0) is 44.5 Å². The van der Waals surface area contributed by atoms with Crippen LogP contribution < -0.4 is 4.72 Å². The van der Waals surface area contributed by atoms with Crippen LogP contribution in [0.25, 0.3) is 0 Å². The minimum atomic E-state index is -5.86. The Morgan fingerprint density at radius 3 is 1.96 bits per heavy atom. The number of phenols is 1. The molecule has 2 N–H and O–H groups in total. The summed E-state index contributed by atoms with van der Waals surface area (Å²) in [6.45, 7) is 4.19. The maximum absolute atomic E-state index is 13.0. The van der Waals surface area contributed by atoms with Crippen molar-refractivity contribution in [2.75, 3.05) is 4.72 Å². The van der Waals surface area contributed by atoms with Crippen LogP contribution in [0.2, 0.25) is 0 Å². The highest BCUT2D eigenvalue weighted by Gasteiger charge is 2.47. The molecule has 2 aromatic carbocycles. The van der Waals surface area contributed by atoms with E-state index < -0.39 is 41.7 Å². The lowest BCUT2D eigenvalue weighted by atomic mass is 10.1. The lowest BCUT2D eigenvalue weighted by Crippen LogP contribution is -2.30. The van der Waals surface area contributed by atoms with Gasteiger partial charge in [0.2, 0.25) is 9.84 Å². The van der Waals surface area contributed by atoms with Gasteiger partial charge >= 0.3 is 15.5 Å². The number of anilines is 1. The molecule has 2 rings (SSSR count). The maximum atomic E-state index is 13.0. The topological polar surface area (TPSA) is 101 Å². The summed E-state index contributed by atoms with van der Waals surface area (Å²) in [5, 5.41) is 10.1. The van der Waals surface area contributed by atoms with Gasteiger partial charge in [0.05, 0.1) is 10.6 Å². The highest BCUT2D eigenvalue weighted by atomic mass is 32.2. The predicted octanol–water partition coefficient (Wildman–Crippen LogP) is 3.41. The van der Waals surface area contributed by atoms with E-state index in [0.29, 0.717) is 0 Å². The number of benzene rings is 2.